The Balaban J connectivity index is 0.0000000878. The SMILES string of the molecule is C1=CC2C(C1)C1CC(SC3CC4CC3C3CC=CC43)C2C1.CC1CC2C3CC(SC4CC5CC4C4CC(S)CC54)C(C3)C2C1.SC1CCC2C3CC(SC4CC5CC4C4CC=CC54)C(C3)C12. The summed E-state index contributed by atoms with van der Waals surface area (Å²) in [7, 11) is 0. The van der Waals surface area contributed by atoms with Crippen molar-refractivity contribution in [1.82, 2.24) is 0 Å². The van der Waals surface area contributed by atoms with Crippen LogP contribution in [0, 0.1) is 148 Å². The lowest BCUT2D eigenvalue weighted by Gasteiger charge is -2.38. The molecule has 15 fully saturated rings. The summed E-state index contributed by atoms with van der Waals surface area (Å²) >= 11 is 17.3. The van der Waals surface area contributed by atoms with Gasteiger partial charge in [0.1, 0.15) is 0 Å². The summed E-state index contributed by atoms with van der Waals surface area (Å²) in [6.07, 6.45) is 47.3. The van der Waals surface area contributed by atoms with Crippen molar-refractivity contribution < 1.29 is 0 Å². The first kappa shape index (κ1) is 43.4. The average molecular weight is 980 g/mol. The number of allylic oxidation sites excluding steroid dienone is 6. The van der Waals surface area contributed by atoms with E-state index < -0.39 is 0 Å². The van der Waals surface area contributed by atoms with E-state index in [0.717, 1.165) is 190 Å². The molecule has 0 spiro atoms. The van der Waals surface area contributed by atoms with E-state index >= 15 is 0 Å². The van der Waals surface area contributed by atoms with Crippen molar-refractivity contribution in [1.29, 1.82) is 0 Å². The van der Waals surface area contributed by atoms with Crippen LogP contribution in [0.4, 0.5) is 0 Å². The van der Waals surface area contributed by atoms with Gasteiger partial charge in [0.15, 0.2) is 0 Å². The van der Waals surface area contributed by atoms with Gasteiger partial charge >= 0.3 is 0 Å². The monoisotopic (exact) mass is 979 g/mol. The molecule has 66 heavy (non-hydrogen) atoms. The van der Waals surface area contributed by atoms with Crippen molar-refractivity contribution in [3.05, 3.63) is 36.5 Å². The van der Waals surface area contributed by atoms with E-state index in [4.69, 9.17) is 25.3 Å². The third-order valence-corrected chi connectivity index (χ3v) is 32.7. The van der Waals surface area contributed by atoms with Crippen LogP contribution in [0.2, 0.25) is 0 Å². The van der Waals surface area contributed by atoms with E-state index in [0.29, 0.717) is 0 Å². The van der Waals surface area contributed by atoms with Crippen LogP contribution in [-0.4, -0.2) is 42.0 Å². The van der Waals surface area contributed by atoms with Gasteiger partial charge in [0.2, 0.25) is 0 Å². The summed E-state index contributed by atoms with van der Waals surface area (Å²) in [5.74, 6) is 26.7. The van der Waals surface area contributed by atoms with Gasteiger partial charge in [0.25, 0.3) is 0 Å². The molecule has 0 amide bonds. The molecule has 12 bridgehead atoms. The molecule has 0 aliphatic heterocycles. The van der Waals surface area contributed by atoms with Gasteiger partial charge in [0.05, 0.1) is 0 Å². The first-order valence-corrected chi connectivity index (χ1v) is 33.5. The largest absolute Gasteiger partial charge is 0.176 e. The molecule has 0 N–H and O–H groups in total. The highest BCUT2D eigenvalue weighted by Gasteiger charge is 2.62. The van der Waals surface area contributed by atoms with Crippen LogP contribution in [0.3, 0.4) is 0 Å². The molecular weight excluding hydrogens is 893 g/mol. The fourth-order valence-corrected chi connectivity index (χ4v) is 32.0. The van der Waals surface area contributed by atoms with Crippen molar-refractivity contribution in [3.8, 4) is 0 Å². The Morgan fingerprint density at radius 1 is 0.333 bits per heavy atom. The normalized spacial score (nSPS) is 63.8. The molecule has 18 aliphatic rings. The van der Waals surface area contributed by atoms with Gasteiger partial charge < -0.3 is 0 Å². The summed E-state index contributed by atoms with van der Waals surface area (Å²) in [5, 5.41) is 7.67. The Kier molecular flexibility index (Phi) is 10.8. The second kappa shape index (κ2) is 16.5. The number of fused-ring (bicyclic) bond motifs is 30. The lowest BCUT2D eigenvalue weighted by molar-refractivity contribution is 0.256. The number of hydrogen-bond acceptors (Lipinski definition) is 5. The van der Waals surface area contributed by atoms with Crippen LogP contribution < -0.4 is 0 Å². The molecule has 0 aromatic heterocycles. The quantitative estimate of drug-likeness (QED) is 0.201. The Morgan fingerprint density at radius 3 is 1.38 bits per heavy atom. The summed E-state index contributed by atoms with van der Waals surface area (Å²) in [5.41, 5.74) is 0. The zero-order valence-corrected chi connectivity index (χ0v) is 44.7. The maximum Gasteiger partial charge on any atom is 0.00867 e. The highest BCUT2D eigenvalue weighted by molar-refractivity contribution is 8.01. The Hall–Kier alpha value is 0.970. The molecule has 15 saturated carbocycles. The van der Waals surface area contributed by atoms with Crippen molar-refractivity contribution in [3.63, 3.8) is 0 Å². The zero-order valence-electron chi connectivity index (χ0n) is 40.5. The Morgan fingerprint density at radius 2 is 0.742 bits per heavy atom. The van der Waals surface area contributed by atoms with Crippen LogP contribution in [0.1, 0.15) is 142 Å². The molecule has 5 heteroatoms. The first-order chi connectivity index (χ1) is 32.3. The van der Waals surface area contributed by atoms with Gasteiger partial charge in [-0.3, -0.25) is 0 Å². The minimum absolute atomic E-state index is 0.738. The van der Waals surface area contributed by atoms with E-state index in [1.54, 1.807) is 89.9 Å². The van der Waals surface area contributed by atoms with E-state index in [9.17, 15) is 0 Å². The van der Waals surface area contributed by atoms with Gasteiger partial charge in [-0.2, -0.15) is 60.5 Å². The second-order valence-electron chi connectivity index (χ2n) is 28.5. The van der Waals surface area contributed by atoms with Crippen molar-refractivity contribution >= 4 is 60.5 Å². The molecule has 0 aromatic carbocycles. The molecule has 360 valence electrons. The van der Waals surface area contributed by atoms with Crippen LogP contribution in [0.5, 0.6) is 0 Å². The lowest BCUT2D eigenvalue weighted by atomic mass is 9.81. The number of thiol groups is 2. The van der Waals surface area contributed by atoms with Gasteiger partial charge in [-0.1, -0.05) is 43.4 Å². The summed E-state index contributed by atoms with van der Waals surface area (Å²) in [6.45, 7) is 2.52. The van der Waals surface area contributed by atoms with Crippen LogP contribution in [0.15, 0.2) is 36.5 Å². The number of thioether (sulfide) groups is 3. The molecule has 33 atom stereocenters. The third kappa shape index (κ3) is 6.65. The highest BCUT2D eigenvalue weighted by Crippen LogP contribution is 2.69. The number of hydrogen-bond donors (Lipinski definition) is 2. The molecule has 0 radical (unpaired) electrons. The standard InChI is InChI=1S/C21H32S2.C20H28S2.C20H26S/c1-10-2-14-11-4-18(16(14)3-10)20(6-11)23-21-7-12-5-19(21)17-9-13(22)8-15(12)17;21-17-5-4-13-11-7-16(20(13)17)19(9-11)22-18-8-10-6-15(18)14-3-1-2-12(10)14;1-3-13-11-7-17(15(13)5-1)19(9-11)21-20-10-12-8-18(20)16-6-2-4-14(12)16/h10-22H,2-9H2,1H3;1-2,10-21H,3-9H2;1-3,6,11-20H,4-5,7-10H2. The zero-order chi connectivity index (χ0) is 43.3. The fourth-order valence-electron chi connectivity index (χ4n) is 24.4. The highest BCUT2D eigenvalue weighted by atomic mass is 32.2. The third-order valence-electron chi connectivity index (χ3n) is 26.3. The fraction of sp³-hybridized carbons (Fsp3) is 0.902. The molecule has 0 aromatic rings. The van der Waals surface area contributed by atoms with Crippen LogP contribution >= 0.6 is 60.5 Å². The van der Waals surface area contributed by atoms with E-state index in [1.165, 1.54) is 44.9 Å². The molecule has 0 nitrogen and oxygen atoms in total. The van der Waals surface area contributed by atoms with Crippen molar-refractivity contribution in [2.75, 3.05) is 0 Å². The molecule has 0 saturated heterocycles. The predicted octanol–water partition coefficient (Wildman–Crippen LogP) is 15.5. The molecule has 0 heterocycles. The van der Waals surface area contributed by atoms with Crippen molar-refractivity contribution in [2.24, 2.45) is 148 Å². The van der Waals surface area contributed by atoms with E-state index in [2.05, 4.69) is 78.7 Å². The topological polar surface area (TPSA) is 0 Å². The first-order valence-electron chi connectivity index (χ1n) is 29.7. The van der Waals surface area contributed by atoms with Gasteiger partial charge in [-0.05, 0) is 283 Å². The predicted molar refractivity (Wildman–Crippen MR) is 288 cm³/mol. The Labute approximate surface area is 425 Å². The van der Waals surface area contributed by atoms with E-state index in [1.807, 2.05) is 0 Å². The maximum atomic E-state index is 4.97. The van der Waals surface area contributed by atoms with Crippen LogP contribution in [0.25, 0.3) is 0 Å². The van der Waals surface area contributed by atoms with Gasteiger partial charge in [-0.25, -0.2) is 0 Å². The summed E-state index contributed by atoms with van der Waals surface area (Å²) < 4.78 is 0. The van der Waals surface area contributed by atoms with Gasteiger partial charge in [-0.15, -0.1) is 0 Å². The maximum absolute atomic E-state index is 4.97. The Bertz CT molecular complexity index is 1930. The molecule has 18 aliphatic carbocycles. The van der Waals surface area contributed by atoms with Gasteiger partial charge in [0, 0.05) is 42.0 Å². The summed E-state index contributed by atoms with van der Waals surface area (Å²) in [6, 6.07) is 0. The smallest absolute Gasteiger partial charge is 0.00867 e. The molecular formula is C61H86S5. The average Bonchev–Trinajstić information content (AvgIpc) is 4.10. The minimum Gasteiger partial charge on any atom is -0.176 e. The lowest BCUT2D eigenvalue weighted by Crippen LogP contribution is -2.34. The second-order valence-corrected chi connectivity index (χ2v) is 34.3. The summed E-state index contributed by atoms with van der Waals surface area (Å²) in [4.78, 5) is 0. The molecule has 18 rings (SSSR count). The van der Waals surface area contributed by atoms with Crippen molar-refractivity contribution in [2.45, 2.75) is 184 Å². The number of rotatable bonds is 6. The van der Waals surface area contributed by atoms with E-state index in [-0.39, 0.29) is 0 Å². The van der Waals surface area contributed by atoms with Crippen LogP contribution in [-0.2, 0) is 0 Å². The minimum atomic E-state index is 0.738. The molecule has 33 unspecified atom stereocenters.